The van der Waals surface area contributed by atoms with Crippen LogP contribution in [0.15, 0.2) is 66.7 Å². The summed E-state index contributed by atoms with van der Waals surface area (Å²) in [6.07, 6.45) is -4.95. The molecule has 2 amide bonds. The van der Waals surface area contributed by atoms with Crippen molar-refractivity contribution >= 4 is 23.0 Å². The first-order chi connectivity index (χ1) is 18.0. The van der Waals surface area contributed by atoms with Crippen molar-refractivity contribution in [3.05, 3.63) is 89.2 Å². The Kier molecular flexibility index (Phi) is 6.08. The van der Waals surface area contributed by atoms with Crippen molar-refractivity contribution in [2.75, 3.05) is 11.9 Å². The van der Waals surface area contributed by atoms with Gasteiger partial charge in [-0.2, -0.15) is 26.3 Å². The fourth-order valence-electron chi connectivity index (χ4n) is 4.06. The second-order valence-electron chi connectivity index (χ2n) is 8.28. The minimum atomic E-state index is -4.95. The zero-order chi connectivity index (χ0) is 27.2. The van der Waals surface area contributed by atoms with Crippen LogP contribution in [-0.4, -0.2) is 30.3 Å². The van der Waals surface area contributed by atoms with Crippen LogP contribution in [0.25, 0.3) is 11.3 Å². The second kappa shape index (κ2) is 9.15. The summed E-state index contributed by atoms with van der Waals surface area (Å²) in [6, 6.07) is 14.6. The number of carbonyl (C=O) groups excluding carboxylic acids is 1. The average molecular weight is 539 g/mol. The van der Waals surface area contributed by atoms with Crippen LogP contribution in [0.4, 0.5) is 41.2 Å². The summed E-state index contributed by atoms with van der Waals surface area (Å²) in [7, 11) is 0. The Labute approximate surface area is 210 Å². The lowest BCUT2D eigenvalue weighted by molar-refractivity contribution is -0.296. The summed E-state index contributed by atoms with van der Waals surface area (Å²) in [6.45, 7) is -3.06. The molecule has 3 aromatic carbocycles. The number of benzene rings is 3. The van der Waals surface area contributed by atoms with Crippen molar-refractivity contribution in [2.45, 2.75) is 18.6 Å². The molecule has 0 saturated carbocycles. The predicted molar refractivity (Wildman–Crippen MR) is 121 cm³/mol. The molecule has 0 aromatic heterocycles. The Bertz CT molecular complexity index is 1410. The van der Waals surface area contributed by atoms with Crippen LogP contribution in [-0.2, 0) is 5.92 Å². The van der Waals surface area contributed by atoms with Crippen LogP contribution in [0.2, 0.25) is 0 Å². The molecule has 0 unspecified atom stereocenters. The lowest BCUT2D eigenvalue weighted by Gasteiger charge is -2.20. The van der Waals surface area contributed by atoms with Crippen molar-refractivity contribution < 1.29 is 45.0 Å². The number of hydrazine groups is 1. The number of anilines is 1. The number of carbonyl (C=O) groups is 1. The van der Waals surface area contributed by atoms with Gasteiger partial charge < -0.3 is 14.8 Å². The van der Waals surface area contributed by atoms with Gasteiger partial charge in [0.2, 0.25) is 0 Å². The summed E-state index contributed by atoms with van der Waals surface area (Å²) in [5.74, 6) is -7.69. The van der Waals surface area contributed by atoms with Gasteiger partial charge in [-0.3, -0.25) is 5.43 Å². The maximum Gasteiger partial charge on any atom is 0.469 e. The highest BCUT2D eigenvalue weighted by atomic mass is 19.3. The maximum atomic E-state index is 14.3. The maximum absolute atomic E-state index is 14.3. The predicted octanol–water partition coefficient (Wildman–Crippen LogP) is 6.42. The van der Waals surface area contributed by atoms with Crippen molar-refractivity contribution in [3.63, 3.8) is 0 Å². The highest BCUT2D eigenvalue weighted by molar-refractivity contribution is 5.98. The zero-order valence-electron chi connectivity index (χ0n) is 19.0. The van der Waals surface area contributed by atoms with Crippen LogP contribution in [0.1, 0.15) is 16.7 Å². The molecule has 198 valence electrons. The minimum absolute atomic E-state index is 0.0504. The lowest BCUT2D eigenvalue weighted by atomic mass is 10.0. The van der Waals surface area contributed by atoms with E-state index >= 15 is 0 Å². The summed E-state index contributed by atoms with van der Waals surface area (Å²) in [4.78, 5) is 13.0. The molecule has 2 N–H and O–H groups in total. The first-order valence-corrected chi connectivity index (χ1v) is 10.9. The summed E-state index contributed by atoms with van der Waals surface area (Å²) in [5.41, 5.74) is 3.21. The van der Waals surface area contributed by atoms with E-state index in [1.54, 1.807) is 30.3 Å². The zero-order valence-corrected chi connectivity index (χ0v) is 19.0. The number of alkyl halides is 6. The number of halogens is 7. The van der Waals surface area contributed by atoms with E-state index in [0.29, 0.717) is 34.5 Å². The monoisotopic (exact) mass is 539 g/mol. The molecule has 0 spiro atoms. The Morgan fingerprint density at radius 1 is 1.00 bits per heavy atom. The number of nitrogens with one attached hydrogen (secondary N) is 2. The van der Waals surface area contributed by atoms with E-state index in [9.17, 15) is 35.5 Å². The number of rotatable bonds is 5. The molecule has 3 aromatic rings. The van der Waals surface area contributed by atoms with Gasteiger partial charge in [0.15, 0.2) is 11.6 Å². The first kappa shape index (κ1) is 25.2. The number of hydrogen-bond donors (Lipinski definition) is 2. The molecule has 0 fully saturated rings. The van der Waals surface area contributed by atoms with E-state index in [1.807, 2.05) is 0 Å². The van der Waals surface area contributed by atoms with Crippen molar-refractivity contribution in [3.8, 4) is 11.5 Å². The van der Waals surface area contributed by atoms with Crippen molar-refractivity contribution in [1.29, 1.82) is 0 Å². The molecular formula is C25H16F7N3O3. The second-order valence-corrected chi connectivity index (χ2v) is 8.28. The van der Waals surface area contributed by atoms with Gasteiger partial charge in [-0.05, 0) is 35.9 Å². The number of fused-ring (bicyclic) bond motifs is 1. The smallest absolute Gasteiger partial charge is 0.435 e. The van der Waals surface area contributed by atoms with Crippen LogP contribution in [0, 0.1) is 5.82 Å². The van der Waals surface area contributed by atoms with Crippen LogP contribution in [0.3, 0.4) is 0 Å². The molecule has 2 aliphatic heterocycles. The molecule has 0 radical (unpaired) electrons. The molecule has 0 atom stereocenters. The SMILES string of the molecule is O=C(Nc1cc(F)c2c(c1)C(F)(F)C(F)(F)O2)N1CC(c2ccccc2)=C(c2ccc(OC(F)F)cc2)N1. The fourth-order valence-corrected chi connectivity index (χ4v) is 4.06. The van der Waals surface area contributed by atoms with E-state index in [4.69, 9.17) is 0 Å². The molecule has 0 bridgehead atoms. The normalized spacial score (nSPS) is 17.2. The van der Waals surface area contributed by atoms with Gasteiger partial charge in [-0.25, -0.2) is 14.2 Å². The molecule has 0 aliphatic carbocycles. The van der Waals surface area contributed by atoms with Gasteiger partial charge in [0.1, 0.15) is 5.75 Å². The number of nitrogens with zero attached hydrogens (tertiary/aromatic N) is 1. The Balaban J connectivity index is 1.40. The molecule has 2 heterocycles. The number of ether oxygens (including phenoxy) is 2. The van der Waals surface area contributed by atoms with E-state index in [1.165, 1.54) is 24.3 Å². The largest absolute Gasteiger partial charge is 0.469 e. The van der Waals surface area contributed by atoms with Crippen molar-refractivity contribution in [2.24, 2.45) is 0 Å². The fraction of sp³-hybridized carbons (Fsp3) is 0.160. The van der Waals surface area contributed by atoms with Crippen LogP contribution >= 0.6 is 0 Å². The van der Waals surface area contributed by atoms with Gasteiger partial charge in [-0.1, -0.05) is 30.3 Å². The summed E-state index contributed by atoms with van der Waals surface area (Å²) >= 11 is 0. The minimum Gasteiger partial charge on any atom is -0.435 e. The highest BCUT2D eigenvalue weighted by Gasteiger charge is 2.67. The van der Waals surface area contributed by atoms with Gasteiger partial charge in [0.05, 0.1) is 17.8 Å². The lowest BCUT2D eigenvalue weighted by Crippen LogP contribution is -2.40. The van der Waals surface area contributed by atoms with Gasteiger partial charge in [0, 0.05) is 22.9 Å². The molecule has 2 aliphatic rings. The molecule has 5 rings (SSSR count). The number of urea groups is 1. The Morgan fingerprint density at radius 2 is 1.68 bits per heavy atom. The topological polar surface area (TPSA) is 62.8 Å². The summed E-state index contributed by atoms with van der Waals surface area (Å²) < 4.78 is 103. The Hall–Kier alpha value is -4.42. The van der Waals surface area contributed by atoms with Crippen LogP contribution < -0.4 is 20.2 Å². The molecule has 0 saturated heterocycles. The van der Waals surface area contributed by atoms with Gasteiger partial charge >= 0.3 is 24.7 Å². The highest BCUT2D eigenvalue weighted by Crippen LogP contribution is 2.54. The molecule has 38 heavy (non-hydrogen) atoms. The third kappa shape index (κ3) is 4.44. The quantitative estimate of drug-likeness (QED) is 0.367. The van der Waals surface area contributed by atoms with E-state index in [0.717, 1.165) is 5.01 Å². The standard InChI is InChI=1S/C25H16F7N3O3/c26-19-11-15(10-18-21(19)38-25(31,32)24(18,29)30)33-23(36)35-12-17(13-4-2-1-3-5-13)20(34-35)14-6-8-16(9-7-14)37-22(27)28/h1-11,22,34H,12H2,(H,33,36). The third-order valence-corrected chi connectivity index (χ3v) is 5.83. The van der Waals surface area contributed by atoms with E-state index < -0.39 is 47.5 Å². The molecule has 13 heteroatoms. The van der Waals surface area contributed by atoms with E-state index in [2.05, 4.69) is 20.2 Å². The first-order valence-electron chi connectivity index (χ1n) is 10.9. The molecule has 6 nitrogen and oxygen atoms in total. The third-order valence-electron chi connectivity index (χ3n) is 5.83. The number of amides is 2. The Morgan fingerprint density at radius 3 is 2.34 bits per heavy atom. The number of hydrogen-bond acceptors (Lipinski definition) is 4. The molecular weight excluding hydrogens is 523 g/mol. The van der Waals surface area contributed by atoms with Gasteiger partial charge in [0.25, 0.3) is 0 Å². The van der Waals surface area contributed by atoms with Gasteiger partial charge in [-0.15, -0.1) is 0 Å². The van der Waals surface area contributed by atoms with E-state index in [-0.39, 0.29) is 12.3 Å². The summed E-state index contributed by atoms with van der Waals surface area (Å²) in [5, 5.41) is 3.27. The van der Waals surface area contributed by atoms with Crippen molar-refractivity contribution in [1.82, 2.24) is 10.4 Å². The average Bonchev–Trinajstić information content (AvgIpc) is 3.38. The van der Waals surface area contributed by atoms with Crippen LogP contribution in [0.5, 0.6) is 11.5 Å².